The van der Waals surface area contributed by atoms with Crippen LogP contribution < -0.4 is 19.5 Å². The maximum atomic E-state index is 5.98. The average molecular weight is 425 g/mol. The third-order valence-corrected chi connectivity index (χ3v) is 6.75. The molecule has 2 aromatic rings. The molecule has 0 radical (unpaired) electrons. The summed E-state index contributed by atoms with van der Waals surface area (Å²) in [5.74, 6) is 3.35. The lowest BCUT2D eigenvalue weighted by Crippen LogP contribution is -2.35. The zero-order chi connectivity index (χ0) is 21.6. The lowest BCUT2D eigenvalue weighted by atomic mass is 9.80. The van der Waals surface area contributed by atoms with Gasteiger partial charge >= 0.3 is 0 Å². The maximum absolute atomic E-state index is 5.98. The van der Waals surface area contributed by atoms with Gasteiger partial charge in [0.25, 0.3) is 0 Å². The van der Waals surface area contributed by atoms with Crippen LogP contribution in [0.5, 0.6) is 17.2 Å². The average Bonchev–Trinajstić information content (AvgIpc) is 2.81. The Balaban J connectivity index is 1.35. The first kappa shape index (κ1) is 21.8. The third kappa shape index (κ3) is 5.27. The minimum Gasteiger partial charge on any atom is -0.496 e. The van der Waals surface area contributed by atoms with E-state index in [1.165, 1.54) is 43.5 Å². The van der Waals surface area contributed by atoms with Gasteiger partial charge in [-0.15, -0.1) is 0 Å². The van der Waals surface area contributed by atoms with E-state index in [4.69, 9.17) is 14.2 Å². The van der Waals surface area contributed by atoms with Gasteiger partial charge in [-0.25, -0.2) is 0 Å². The lowest BCUT2D eigenvalue weighted by Gasteiger charge is -2.33. The highest BCUT2D eigenvalue weighted by atomic mass is 16.5. The Morgan fingerprint density at radius 1 is 0.871 bits per heavy atom. The number of nitrogens with zero attached hydrogens (tertiary/aromatic N) is 1. The van der Waals surface area contributed by atoms with E-state index >= 15 is 0 Å². The molecule has 1 fully saturated rings. The molecule has 1 heterocycles. The SMILES string of the molecule is COc1ccc(OC)c2c1CC(C)C(Nc1ccc(OCCN3CCCCC3)cc1)C2. The quantitative estimate of drug-likeness (QED) is 0.660. The van der Waals surface area contributed by atoms with Gasteiger partial charge in [-0.05, 0) is 81.1 Å². The Morgan fingerprint density at radius 2 is 1.52 bits per heavy atom. The van der Waals surface area contributed by atoms with Crippen LogP contribution in [0, 0.1) is 5.92 Å². The van der Waals surface area contributed by atoms with Crippen molar-refractivity contribution in [1.82, 2.24) is 4.90 Å². The number of methoxy groups -OCH3 is 2. The van der Waals surface area contributed by atoms with E-state index in [1.54, 1.807) is 14.2 Å². The van der Waals surface area contributed by atoms with Crippen molar-refractivity contribution in [3.05, 3.63) is 47.5 Å². The van der Waals surface area contributed by atoms with Crippen molar-refractivity contribution in [3.8, 4) is 17.2 Å². The molecule has 5 heteroatoms. The van der Waals surface area contributed by atoms with Crippen molar-refractivity contribution in [2.75, 3.05) is 45.8 Å². The van der Waals surface area contributed by atoms with Gasteiger partial charge in [0.2, 0.25) is 0 Å². The van der Waals surface area contributed by atoms with E-state index < -0.39 is 0 Å². The van der Waals surface area contributed by atoms with Gasteiger partial charge in [-0.1, -0.05) is 13.3 Å². The van der Waals surface area contributed by atoms with Crippen molar-refractivity contribution in [3.63, 3.8) is 0 Å². The van der Waals surface area contributed by atoms with Gasteiger partial charge < -0.3 is 19.5 Å². The van der Waals surface area contributed by atoms with Gasteiger partial charge in [0.05, 0.1) is 14.2 Å². The fraction of sp³-hybridized carbons (Fsp3) is 0.538. The molecule has 4 rings (SSSR count). The Labute approximate surface area is 186 Å². The first-order valence-electron chi connectivity index (χ1n) is 11.6. The summed E-state index contributed by atoms with van der Waals surface area (Å²) in [4.78, 5) is 2.50. The number of nitrogens with one attached hydrogen (secondary N) is 1. The minimum absolute atomic E-state index is 0.347. The Bertz CT molecular complexity index is 846. The predicted octanol–water partition coefficient (Wildman–Crippen LogP) is 4.78. The second-order valence-electron chi connectivity index (χ2n) is 8.84. The van der Waals surface area contributed by atoms with E-state index in [2.05, 4.69) is 41.4 Å². The Morgan fingerprint density at radius 3 is 2.16 bits per heavy atom. The van der Waals surface area contributed by atoms with E-state index in [0.29, 0.717) is 12.0 Å². The van der Waals surface area contributed by atoms with Crippen LogP contribution in [0.3, 0.4) is 0 Å². The van der Waals surface area contributed by atoms with Crippen molar-refractivity contribution in [2.45, 2.75) is 45.1 Å². The summed E-state index contributed by atoms with van der Waals surface area (Å²) in [5, 5.41) is 3.74. The van der Waals surface area contributed by atoms with E-state index in [-0.39, 0.29) is 0 Å². The summed E-state index contributed by atoms with van der Waals surface area (Å²) in [7, 11) is 3.49. The highest BCUT2D eigenvalue weighted by Gasteiger charge is 2.29. The molecule has 168 valence electrons. The first-order chi connectivity index (χ1) is 15.2. The summed E-state index contributed by atoms with van der Waals surface area (Å²) in [6.07, 6.45) is 5.92. The lowest BCUT2D eigenvalue weighted by molar-refractivity contribution is 0.183. The summed E-state index contributed by atoms with van der Waals surface area (Å²) in [6.45, 7) is 6.50. The highest BCUT2D eigenvalue weighted by Crippen LogP contribution is 2.38. The molecular weight excluding hydrogens is 388 g/mol. The number of rotatable bonds is 8. The number of likely N-dealkylation sites (tertiary alicyclic amines) is 1. The zero-order valence-electron chi connectivity index (χ0n) is 19.2. The molecule has 2 unspecified atom stereocenters. The smallest absolute Gasteiger partial charge is 0.122 e. The molecule has 0 aromatic heterocycles. The topological polar surface area (TPSA) is 43.0 Å². The largest absolute Gasteiger partial charge is 0.496 e. The second-order valence-corrected chi connectivity index (χ2v) is 8.84. The summed E-state index contributed by atoms with van der Waals surface area (Å²) in [5.41, 5.74) is 3.67. The van der Waals surface area contributed by atoms with Crippen molar-refractivity contribution in [1.29, 1.82) is 0 Å². The highest BCUT2D eigenvalue weighted by molar-refractivity contribution is 5.53. The number of benzene rings is 2. The monoisotopic (exact) mass is 424 g/mol. The normalized spacial score (nSPS) is 21.3. The number of piperidine rings is 1. The van der Waals surface area contributed by atoms with Crippen LogP contribution in [0.1, 0.15) is 37.3 Å². The summed E-state index contributed by atoms with van der Waals surface area (Å²) in [6, 6.07) is 12.8. The van der Waals surface area contributed by atoms with E-state index in [0.717, 1.165) is 48.9 Å². The molecule has 2 aromatic carbocycles. The standard InChI is InChI=1S/C26H36N2O3/c1-19-17-22-23(26(30-3)12-11-25(22)29-2)18-24(19)27-20-7-9-21(10-8-20)31-16-15-28-13-5-4-6-14-28/h7-12,19,24,27H,4-6,13-18H2,1-3H3. The predicted molar refractivity (Wildman–Crippen MR) is 126 cm³/mol. The Hall–Kier alpha value is -2.40. The molecule has 1 aliphatic heterocycles. The fourth-order valence-electron chi connectivity index (χ4n) is 4.90. The van der Waals surface area contributed by atoms with Crippen molar-refractivity contribution < 1.29 is 14.2 Å². The summed E-state index contributed by atoms with van der Waals surface area (Å²) < 4.78 is 17.2. The van der Waals surface area contributed by atoms with Crippen LogP contribution in [0.15, 0.2) is 36.4 Å². The molecule has 0 saturated carbocycles. The molecule has 0 amide bonds. The fourth-order valence-corrected chi connectivity index (χ4v) is 4.90. The van der Waals surface area contributed by atoms with Crippen LogP contribution in [-0.2, 0) is 12.8 Å². The van der Waals surface area contributed by atoms with Gasteiger partial charge in [0.1, 0.15) is 23.9 Å². The molecule has 0 spiro atoms. The zero-order valence-corrected chi connectivity index (χ0v) is 19.2. The first-order valence-corrected chi connectivity index (χ1v) is 11.6. The molecule has 31 heavy (non-hydrogen) atoms. The van der Waals surface area contributed by atoms with Crippen LogP contribution in [0.4, 0.5) is 5.69 Å². The molecule has 0 bridgehead atoms. The number of anilines is 1. The van der Waals surface area contributed by atoms with E-state index in [1.807, 2.05) is 12.1 Å². The van der Waals surface area contributed by atoms with Gasteiger partial charge in [-0.2, -0.15) is 0 Å². The maximum Gasteiger partial charge on any atom is 0.122 e. The van der Waals surface area contributed by atoms with Crippen molar-refractivity contribution in [2.24, 2.45) is 5.92 Å². The van der Waals surface area contributed by atoms with Crippen LogP contribution in [-0.4, -0.2) is 51.4 Å². The molecule has 5 nitrogen and oxygen atoms in total. The van der Waals surface area contributed by atoms with Crippen LogP contribution >= 0.6 is 0 Å². The molecule has 2 aliphatic rings. The van der Waals surface area contributed by atoms with Gasteiger partial charge in [0, 0.05) is 29.4 Å². The summed E-state index contributed by atoms with van der Waals surface area (Å²) >= 11 is 0. The minimum atomic E-state index is 0.347. The second kappa shape index (κ2) is 10.3. The molecule has 1 aliphatic carbocycles. The molecule has 1 saturated heterocycles. The third-order valence-electron chi connectivity index (χ3n) is 6.75. The number of ether oxygens (including phenoxy) is 3. The Kier molecular flexibility index (Phi) is 7.23. The van der Waals surface area contributed by atoms with Crippen molar-refractivity contribution >= 4 is 5.69 Å². The number of fused-ring (bicyclic) bond motifs is 1. The van der Waals surface area contributed by atoms with Crippen LogP contribution in [0.2, 0.25) is 0 Å². The van der Waals surface area contributed by atoms with Gasteiger partial charge in [-0.3, -0.25) is 4.90 Å². The molecule has 2 atom stereocenters. The van der Waals surface area contributed by atoms with Gasteiger partial charge in [0.15, 0.2) is 0 Å². The van der Waals surface area contributed by atoms with Crippen LogP contribution in [0.25, 0.3) is 0 Å². The molecule has 1 N–H and O–H groups in total. The molecular formula is C26H36N2O3. The number of hydrogen-bond acceptors (Lipinski definition) is 5. The number of hydrogen-bond donors (Lipinski definition) is 1. The van der Waals surface area contributed by atoms with E-state index in [9.17, 15) is 0 Å².